The molecule has 1 aliphatic heterocycles. The number of methoxy groups -OCH3 is 1. The second-order valence-electron chi connectivity index (χ2n) is 6.49. The van der Waals surface area contributed by atoms with Crippen LogP contribution in [0.5, 0.6) is 0 Å². The van der Waals surface area contributed by atoms with Crippen LogP contribution < -0.4 is 5.32 Å². The van der Waals surface area contributed by atoms with Crippen molar-refractivity contribution >= 4 is 0 Å². The Balaban J connectivity index is 2.33. The Morgan fingerprint density at radius 1 is 1.45 bits per heavy atom. The summed E-state index contributed by atoms with van der Waals surface area (Å²) in [5.41, 5.74) is 2.21. The molecule has 0 aromatic heterocycles. The number of likely N-dealkylation sites (N-methyl/N-ethyl adjacent to an activating group) is 1. The van der Waals surface area contributed by atoms with Crippen LogP contribution in [0.4, 0.5) is 0 Å². The van der Waals surface area contributed by atoms with Crippen LogP contribution in [0.15, 0.2) is 36.1 Å². The van der Waals surface area contributed by atoms with Gasteiger partial charge in [0, 0.05) is 30.8 Å². The van der Waals surface area contributed by atoms with Gasteiger partial charge in [0.05, 0.1) is 0 Å². The zero-order valence-electron chi connectivity index (χ0n) is 13.5. The third kappa shape index (κ3) is 2.23. The van der Waals surface area contributed by atoms with Crippen LogP contribution in [0.2, 0.25) is 0 Å². The highest BCUT2D eigenvalue weighted by atomic mass is 16.5. The molecule has 0 bridgehead atoms. The molecule has 0 saturated carbocycles. The molecule has 1 heterocycles. The van der Waals surface area contributed by atoms with E-state index < -0.39 is 0 Å². The summed E-state index contributed by atoms with van der Waals surface area (Å²) < 4.78 is 6.00. The van der Waals surface area contributed by atoms with E-state index in [1.807, 2.05) is 6.08 Å². The third-order valence-electron chi connectivity index (χ3n) is 5.03. The van der Waals surface area contributed by atoms with E-state index in [1.165, 1.54) is 11.3 Å². The van der Waals surface area contributed by atoms with Crippen molar-refractivity contribution in [3.63, 3.8) is 0 Å². The van der Waals surface area contributed by atoms with E-state index >= 15 is 0 Å². The zero-order valence-corrected chi connectivity index (χ0v) is 13.5. The lowest BCUT2D eigenvalue weighted by molar-refractivity contribution is -0.103. The SMILES string of the molecule is C=CC(C)N(C)CC1(OC)NC2=CCCC=C2C1(C)C. The molecule has 1 N–H and O–H groups in total. The van der Waals surface area contributed by atoms with Gasteiger partial charge < -0.3 is 10.1 Å². The number of nitrogens with zero attached hydrogens (tertiary/aromatic N) is 1. The number of nitrogens with one attached hydrogen (secondary N) is 1. The highest BCUT2D eigenvalue weighted by Gasteiger charge is 2.55. The first-order chi connectivity index (χ1) is 9.38. The second kappa shape index (κ2) is 5.38. The minimum atomic E-state index is -0.388. The molecular weight excluding hydrogens is 248 g/mol. The van der Waals surface area contributed by atoms with Crippen LogP contribution in [-0.2, 0) is 4.74 Å². The monoisotopic (exact) mass is 276 g/mol. The van der Waals surface area contributed by atoms with E-state index in [1.54, 1.807) is 7.11 Å². The summed E-state index contributed by atoms with van der Waals surface area (Å²) >= 11 is 0. The minimum Gasteiger partial charge on any atom is -0.357 e. The number of hydrogen-bond donors (Lipinski definition) is 1. The van der Waals surface area contributed by atoms with E-state index in [0.29, 0.717) is 6.04 Å². The lowest BCUT2D eigenvalue weighted by atomic mass is 9.75. The molecule has 1 aliphatic carbocycles. The molecule has 3 heteroatoms. The van der Waals surface area contributed by atoms with Crippen molar-refractivity contribution < 1.29 is 4.74 Å². The van der Waals surface area contributed by atoms with Gasteiger partial charge in [0.2, 0.25) is 0 Å². The lowest BCUT2D eigenvalue weighted by Crippen LogP contribution is -2.58. The maximum atomic E-state index is 6.00. The molecule has 2 unspecified atom stereocenters. The van der Waals surface area contributed by atoms with E-state index in [-0.39, 0.29) is 11.1 Å². The van der Waals surface area contributed by atoms with E-state index in [0.717, 1.165) is 19.4 Å². The molecule has 2 rings (SSSR count). The smallest absolute Gasteiger partial charge is 0.160 e. The summed E-state index contributed by atoms with van der Waals surface area (Å²) in [5.74, 6) is 0. The summed E-state index contributed by atoms with van der Waals surface area (Å²) in [6.45, 7) is 11.4. The standard InChI is InChI=1S/C17H28N2O/c1-7-13(2)19(5)12-17(20-6)16(3,4)14-10-8-9-11-15(14)18-17/h7,10-11,13,18H,1,8-9,12H2,2-6H3. The summed E-state index contributed by atoms with van der Waals surface area (Å²) in [5, 5.41) is 3.65. The Hall–Kier alpha value is -1.06. The van der Waals surface area contributed by atoms with Gasteiger partial charge in [-0.05, 0) is 32.4 Å². The fourth-order valence-electron chi connectivity index (χ4n) is 3.26. The Labute approximate surface area is 123 Å². The van der Waals surface area contributed by atoms with Gasteiger partial charge in [0.25, 0.3) is 0 Å². The number of rotatable bonds is 5. The van der Waals surface area contributed by atoms with E-state index in [2.05, 4.69) is 56.8 Å². The van der Waals surface area contributed by atoms with Crippen molar-refractivity contribution in [1.82, 2.24) is 10.2 Å². The van der Waals surface area contributed by atoms with Crippen molar-refractivity contribution in [1.29, 1.82) is 0 Å². The van der Waals surface area contributed by atoms with E-state index in [4.69, 9.17) is 4.74 Å². The van der Waals surface area contributed by atoms with Gasteiger partial charge in [-0.2, -0.15) is 0 Å². The highest BCUT2D eigenvalue weighted by molar-refractivity contribution is 5.45. The Morgan fingerprint density at radius 3 is 2.65 bits per heavy atom. The maximum absolute atomic E-state index is 6.00. The molecule has 2 atom stereocenters. The zero-order chi connectivity index (χ0) is 15.0. The van der Waals surface area contributed by atoms with Crippen LogP contribution in [0.3, 0.4) is 0 Å². The molecule has 20 heavy (non-hydrogen) atoms. The number of allylic oxidation sites excluding steroid dienone is 3. The quantitative estimate of drug-likeness (QED) is 0.781. The van der Waals surface area contributed by atoms with Crippen LogP contribution >= 0.6 is 0 Å². The first-order valence-electron chi connectivity index (χ1n) is 7.45. The predicted octanol–water partition coefficient (Wildman–Crippen LogP) is 3.07. The number of hydrogen-bond acceptors (Lipinski definition) is 3. The van der Waals surface area contributed by atoms with Gasteiger partial charge in [-0.15, -0.1) is 6.58 Å². The first-order valence-corrected chi connectivity index (χ1v) is 7.45. The van der Waals surface area contributed by atoms with Crippen LogP contribution in [0.1, 0.15) is 33.6 Å². The fourth-order valence-corrected chi connectivity index (χ4v) is 3.26. The van der Waals surface area contributed by atoms with E-state index in [9.17, 15) is 0 Å². The predicted molar refractivity (Wildman–Crippen MR) is 84.3 cm³/mol. The summed E-state index contributed by atoms with van der Waals surface area (Å²) in [4.78, 5) is 2.28. The van der Waals surface area contributed by atoms with Gasteiger partial charge in [-0.3, -0.25) is 4.90 Å². The van der Waals surface area contributed by atoms with Crippen LogP contribution in [0, 0.1) is 5.41 Å². The van der Waals surface area contributed by atoms with Gasteiger partial charge in [-0.1, -0.05) is 32.1 Å². The normalized spacial score (nSPS) is 29.3. The van der Waals surface area contributed by atoms with Crippen molar-refractivity contribution in [2.45, 2.75) is 45.4 Å². The Morgan fingerprint density at radius 2 is 2.10 bits per heavy atom. The van der Waals surface area contributed by atoms with Gasteiger partial charge >= 0.3 is 0 Å². The number of fused-ring (bicyclic) bond motifs is 1. The van der Waals surface area contributed by atoms with Crippen LogP contribution in [0.25, 0.3) is 0 Å². The molecule has 0 radical (unpaired) electrons. The van der Waals surface area contributed by atoms with Crippen molar-refractivity contribution in [3.8, 4) is 0 Å². The number of ether oxygens (including phenoxy) is 1. The molecule has 0 spiro atoms. The highest BCUT2D eigenvalue weighted by Crippen LogP contribution is 2.49. The molecule has 0 amide bonds. The molecule has 1 fully saturated rings. The summed E-state index contributed by atoms with van der Waals surface area (Å²) in [7, 11) is 3.93. The van der Waals surface area contributed by atoms with Crippen molar-refractivity contribution in [2.75, 3.05) is 20.7 Å². The second-order valence-corrected chi connectivity index (χ2v) is 6.49. The fraction of sp³-hybridized carbons (Fsp3) is 0.647. The third-order valence-corrected chi connectivity index (χ3v) is 5.03. The topological polar surface area (TPSA) is 24.5 Å². The van der Waals surface area contributed by atoms with Gasteiger partial charge in [0.1, 0.15) is 0 Å². The molecule has 1 saturated heterocycles. The molecular formula is C17H28N2O. The summed E-state index contributed by atoms with van der Waals surface area (Å²) in [6.07, 6.45) is 8.87. The van der Waals surface area contributed by atoms with Crippen LogP contribution in [-0.4, -0.2) is 37.4 Å². The molecule has 0 aromatic rings. The van der Waals surface area contributed by atoms with Gasteiger partial charge in [0.15, 0.2) is 5.72 Å². The Kier molecular flexibility index (Phi) is 4.12. The van der Waals surface area contributed by atoms with Crippen molar-refractivity contribution in [2.24, 2.45) is 5.41 Å². The summed E-state index contributed by atoms with van der Waals surface area (Å²) in [6, 6.07) is 0.324. The Bertz CT molecular complexity index is 450. The maximum Gasteiger partial charge on any atom is 0.160 e. The lowest BCUT2D eigenvalue weighted by Gasteiger charge is -2.43. The minimum absolute atomic E-state index is 0.0524. The van der Waals surface area contributed by atoms with Crippen molar-refractivity contribution in [3.05, 3.63) is 36.1 Å². The van der Waals surface area contributed by atoms with Gasteiger partial charge in [-0.25, -0.2) is 0 Å². The first kappa shape index (κ1) is 15.3. The average Bonchev–Trinajstić information content (AvgIpc) is 2.66. The largest absolute Gasteiger partial charge is 0.357 e. The average molecular weight is 276 g/mol. The molecule has 3 nitrogen and oxygen atoms in total. The molecule has 0 aromatic carbocycles. The molecule has 2 aliphatic rings. The molecule has 112 valence electrons.